The van der Waals surface area contributed by atoms with E-state index in [-0.39, 0.29) is 17.7 Å². The zero-order valence-electron chi connectivity index (χ0n) is 9.63. The minimum atomic E-state index is -3.50. The third kappa shape index (κ3) is 2.52. The van der Waals surface area contributed by atoms with Gasteiger partial charge in [0.1, 0.15) is 5.76 Å². The SMILES string of the molecule is CC1CSCCN1S(=O)(=O)c1ccc(CN)o1. The second kappa shape index (κ2) is 5.01. The van der Waals surface area contributed by atoms with Gasteiger partial charge >= 0.3 is 0 Å². The van der Waals surface area contributed by atoms with E-state index in [1.165, 1.54) is 10.4 Å². The van der Waals surface area contributed by atoms with E-state index < -0.39 is 10.0 Å². The molecule has 0 spiro atoms. The Hall–Kier alpha value is -0.500. The van der Waals surface area contributed by atoms with Crippen LogP contribution >= 0.6 is 11.8 Å². The lowest BCUT2D eigenvalue weighted by Crippen LogP contribution is -2.44. The molecule has 0 aromatic carbocycles. The van der Waals surface area contributed by atoms with Gasteiger partial charge in [-0.1, -0.05) is 0 Å². The average molecular weight is 276 g/mol. The van der Waals surface area contributed by atoms with Gasteiger partial charge in [-0.3, -0.25) is 0 Å². The van der Waals surface area contributed by atoms with Crippen LogP contribution in [0.4, 0.5) is 0 Å². The molecule has 1 aliphatic rings. The molecule has 2 heterocycles. The zero-order valence-corrected chi connectivity index (χ0v) is 11.3. The minimum absolute atomic E-state index is 0.00306. The number of rotatable bonds is 3. The summed E-state index contributed by atoms with van der Waals surface area (Å²) in [6.45, 7) is 2.66. The third-order valence-corrected chi connectivity index (χ3v) is 5.79. The van der Waals surface area contributed by atoms with Crippen molar-refractivity contribution >= 4 is 21.8 Å². The van der Waals surface area contributed by atoms with Crippen LogP contribution < -0.4 is 5.73 Å². The van der Waals surface area contributed by atoms with E-state index >= 15 is 0 Å². The highest BCUT2D eigenvalue weighted by atomic mass is 32.2. The first-order valence-corrected chi connectivity index (χ1v) is 8.03. The topological polar surface area (TPSA) is 76.5 Å². The van der Waals surface area contributed by atoms with Crippen molar-refractivity contribution in [3.05, 3.63) is 17.9 Å². The number of sulfonamides is 1. The Morgan fingerprint density at radius 1 is 1.59 bits per heavy atom. The molecule has 1 aliphatic heterocycles. The maximum Gasteiger partial charge on any atom is 0.276 e. The molecule has 2 N–H and O–H groups in total. The summed E-state index contributed by atoms with van der Waals surface area (Å²) in [6.07, 6.45) is 0. The Kier molecular flexibility index (Phi) is 3.82. The minimum Gasteiger partial charge on any atom is -0.447 e. The van der Waals surface area contributed by atoms with Gasteiger partial charge in [0.15, 0.2) is 0 Å². The number of nitrogens with zero attached hydrogens (tertiary/aromatic N) is 1. The van der Waals surface area contributed by atoms with E-state index in [9.17, 15) is 8.42 Å². The molecule has 1 atom stereocenters. The van der Waals surface area contributed by atoms with Crippen LogP contribution in [0.1, 0.15) is 12.7 Å². The number of hydrogen-bond donors (Lipinski definition) is 1. The molecular formula is C10H16N2O3S2. The van der Waals surface area contributed by atoms with Crippen LogP contribution in [0.25, 0.3) is 0 Å². The monoisotopic (exact) mass is 276 g/mol. The summed E-state index contributed by atoms with van der Waals surface area (Å²) in [6, 6.07) is 3.09. The van der Waals surface area contributed by atoms with Crippen molar-refractivity contribution in [2.45, 2.75) is 24.6 Å². The molecule has 1 unspecified atom stereocenters. The summed E-state index contributed by atoms with van der Waals surface area (Å²) < 4.78 is 31.4. The van der Waals surface area contributed by atoms with Crippen molar-refractivity contribution < 1.29 is 12.8 Å². The largest absolute Gasteiger partial charge is 0.447 e. The first kappa shape index (κ1) is 12.9. The van der Waals surface area contributed by atoms with Crippen LogP contribution in [-0.2, 0) is 16.6 Å². The second-order valence-electron chi connectivity index (χ2n) is 3.96. The Labute approximate surface area is 105 Å². The molecule has 17 heavy (non-hydrogen) atoms. The number of furan rings is 1. The zero-order chi connectivity index (χ0) is 12.5. The van der Waals surface area contributed by atoms with Gasteiger partial charge in [-0.05, 0) is 19.1 Å². The molecule has 1 aromatic rings. The normalized spacial score (nSPS) is 22.8. The average Bonchev–Trinajstić information content (AvgIpc) is 2.78. The molecule has 0 saturated carbocycles. The van der Waals surface area contributed by atoms with Crippen molar-refractivity contribution in [1.29, 1.82) is 0 Å². The van der Waals surface area contributed by atoms with E-state index in [0.29, 0.717) is 12.3 Å². The van der Waals surface area contributed by atoms with Crippen molar-refractivity contribution in [1.82, 2.24) is 4.31 Å². The van der Waals surface area contributed by atoms with Crippen molar-refractivity contribution in [3.63, 3.8) is 0 Å². The molecule has 96 valence electrons. The predicted octanol–water partition coefficient (Wildman–Crippen LogP) is 0.864. The summed E-state index contributed by atoms with van der Waals surface area (Å²) in [4.78, 5) is 0. The maximum atomic E-state index is 12.3. The summed E-state index contributed by atoms with van der Waals surface area (Å²) in [5.74, 6) is 2.14. The van der Waals surface area contributed by atoms with Crippen LogP contribution in [-0.4, -0.2) is 36.8 Å². The second-order valence-corrected chi connectivity index (χ2v) is 6.94. The fourth-order valence-corrected chi connectivity index (χ4v) is 4.58. The van der Waals surface area contributed by atoms with E-state index in [1.807, 2.05) is 6.92 Å². The smallest absolute Gasteiger partial charge is 0.276 e. The molecule has 1 saturated heterocycles. The van der Waals surface area contributed by atoms with Gasteiger partial charge in [-0.25, -0.2) is 8.42 Å². The van der Waals surface area contributed by atoms with Crippen molar-refractivity contribution in [2.75, 3.05) is 18.1 Å². The summed E-state index contributed by atoms with van der Waals surface area (Å²) in [5, 5.41) is -0.00306. The lowest BCUT2D eigenvalue weighted by atomic mass is 10.4. The Balaban J connectivity index is 2.28. The molecule has 0 radical (unpaired) electrons. The van der Waals surface area contributed by atoms with Crippen LogP contribution in [0.2, 0.25) is 0 Å². The molecule has 1 aromatic heterocycles. The standard InChI is InChI=1S/C10H16N2O3S2/c1-8-7-16-5-4-12(8)17(13,14)10-3-2-9(6-11)15-10/h2-3,8H,4-7,11H2,1H3. The van der Waals surface area contributed by atoms with Crippen LogP contribution in [0.15, 0.2) is 21.6 Å². The fourth-order valence-electron chi connectivity index (χ4n) is 1.79. The summed E-state index contributed by atoms with van der Waals surface area (Å²) >= 11 is 1.77. The van der Waals surface area contributed by atoms with E-state index in [2.05, 4.69) is 0 Å². The Morgan fingerprint density at radius 3 is 2.94 bits per heavy atom. The van der Waals surface area contributed by atoms with Gasteiger partial charge in [0.25, 0.3) is 10.0 Å². The van der Waals surface area contributed by atoms with Gasteiger partial charge in [0, 0.05) is 24.1 Å². The Morgan fingerprint density at radius 2 is 2.35 bits per heavy atom. The van der Waals surface area contributed by atoms with Crippen LogP contribution in [0, 0.1) is 0 Å². The molecule has 7 heteroatoms. The van der Waals surface area contributed by atoms with Gasteiger partial charge < -0.3 is 10.2 Å². The summed E-state index contributed by atoms with van der Waals surface area (Å²) in [7, 11) is -3.50. The molecule has 0 amide bonds. The number of thioether (sulfide) groups is 1. The fraction of sp³-hybridized carbons (Fsp3) is 0.600. The molecule has 0 bridgehead atoms. The maximum absolute atomic E-state index is 12.3. The highest BCUT2D eigenvalue weighted by Crippen LogP contribution is 2.25. The highest BCUT2D eigenvalue weighted by molar-refractivity contribution is 7.99. The van der Waals surface area contributed by atoms with Gasteiger partial charge in [-0.15, -0.1) is 0 Å². The van der Waals surface area contributed by atoms with Crippen molar-refractivity contribution in [2.24, 2.45) is 5.73 Å². The first-order chi connectivity index (χ1) is 8.05. The predicted molar refractivity (Wildman–Crippen MR) is 67.3 cm³/mol. The molecular weight excluding hydrogens is 260 g/mol. The lowest BCUT2D eigenvalue weighted by molar-refractivity contribution is 0.341. The molecule has 0 aliphatic carbocycles. The van der Waals surface area contributed by atoms with Gasteiger partial charge in [-0.2, -0.15) is 16.1 Å². The lowest BCUT2D eigenvalue weighted by Gasteiger charge is -2.30. The highest BCUT2D eigenvalue weighted by Gasteiger charge is 2.33. The number of hydrogen-bond acceptors (Lipinski definition) is 5. The Bertz CT molecular complexity index is 483. The quantitative estimate of drug-likeness (QED) is 0.886. The third-order valence-electron chi connectivity index (χ3n) is 2.71. The van der Waals surface area contributed by atoms with E-state index in [0.717, 1.165) is 11.5 Å². The summed E-state index contributed by atoms with van der Waals surface area (Å²) in [5.41, 5.74) is 5.41. The van der Waals surface area contributed by atoms with Crippen molar-refractivity contribution in [3.8, 4) is 0 Å². The van der Waals surface area contributed by atoms with E-state index in [1.54, 1.807) is 17.8 Å². The molecule has 2 rings (SSSR count). The van der Waals surface area contributed by atoms with Crippen LogP contribution in [0.3, 0.4) is 0 Å². The molecule has 1 fully saturated rings. The number of nitrogens with two attached hydrogens (primary N) is 1. The molecule has 5 nitrogen and oxygen atoms in total. The first-order valence-electron chi connectivity index (χ1n) is 5.44. The van der Waals surface area contributed by atoms with E-state index in [4.69, 9.17) is 10.2 Å². The van der Waals surface area contributed by atoms with Gasteiger partial charge in [0.05, 0.1) is 6.54 Å². The van der Waals surface area contributed by atoms with Crippen LogP contribution in [0.5, 0.6) is 0 Å². The van der Waals surface area contributed by atoms with Gasteiger partial charge in [0.2, 0.25) is 5.09 Å².